The van der Waals surface area contributed by atoms with Gasteiger partial charge in [0.1, 0.15) is 0 Å². The molecule has 2 aliphatic rings. The monoisotopic (exact) mass is 253 g/mol. The lowest BCUT2D eigenvalue weighted by molar-refractivity contribution is -0.140. The Morgan fingerprint density at radius 1 is 1.22 bits per heavy atom. The second-order valence-electron chi connectivity index (χ2n) is 6.47. The Hall–Kier alpha value is -1.06. The van der Waals surface area contributed by atoms with Crippen LogP contribution in [-0.2, 0) is 9.59 Å². The summed E-state index contributed by atoms with van der Waals surface area (Å²) in [5.41, 5.74) is 0.125. The van der Waals surface area contributed by atoms with Gasteiger partial charge in [-0.05, 0) is 30.6 Å². The Bertz CT molecular complexity index is 345. The molecule has 2 aliphatic carbocycles. The maximum absolute atomic E-state index is 11.8. The first-order valence-electron chi connectivity index (χ1n) is 6.92. The Balaban J connectivity index is 1.77. The lowest BCUT2D eigenvalue weighted by atomic mass is 9.77. The van der Waals surface area contributed by atoms with Crippen molar-refractivity contribution in [3.63, 3.8) is 0 Å². The highest BCUT2D eigenvalue weighted by Gasteiger charge is 2.48. The van der Waals surface area contributed by atoms with Crippen LogP contribution < -0.4 is 5.32 Å². The van der Waals surface area contributed by atoms with Gasteiger partial charge < -0.3 is 10.4 Å². The summed E-state index contributed by atoms with van der Waals surface area (Å²) in [5, 5.41) is 11.7. The first-order valence-corrected chi connectivity index (χ1v) is 6.92. The van der Waals surface area contributed by atoms with Gasteiger partial charge in [-0.2, -0.15) is 0 Å². The van der Waals surface area contributed by atoms with Gasteiger partial charge in [-0.15, -0.1) is 0 Å². The van der Waals surface area contributed by atoms with E-state index >= 15 is 0 Å². The van der Waals surface area contributed by atoms with Crippen LogP contribution in [0.5, 0.6) is 0 Å². The molecule has 0 bridgehead atoms. The van der Waals surface area contributed by atoms with Crippen molar-refractivity contribution < 1.29 is 14.7 Å². The molecule has 0 saturated heterocycles. The third kappa shape index (κ3) is 2.85. The molecular weight excluding hydrogens is 230 g/mol. The highest BCUT2D eigenvalue weighted by molar-refractivity contribution is 5.89. The Kier molecular flexibility index (Phi) is 3.64. The minimum Gasteiger partial charge on any atom is -0.481 e. The average Bonchev–Trinajstić information content (AvgIpc) is 2.92. The van der Waals surface area contributed by atoms with E-state index in [0.717, 1.165) is 0 Å². The van der Waals surface area contributed by atoms with Crippen LogP contribution in [0.2, 0.25) is 0 Å². The molecule has 0 radical (unpaired) electrons. The largest absolute Gasteiger partial charge is 0.481 e. The smallest absolute Gasteiger partial charge is 0.307 e. The minimum atomic E-state index is -0.842. The number of carbonyl (C=O) groups excluding carboxylic acids is 1. The molecule has 0 aromatic carbocycles. The van der Waals surface area contributed by atoms with E-state index < -0.39 is 11.9 Å². The van der Waals surface area contributed by atoms with Gasteiger partial charge in [0, 0.05) is 6.54 Å². The maximum atomic E-state index is 11.8. The molecule has 0 aromatic heterocycles. The molecule has 2 atom stereocenters. The zero-order valence-corrected chi connectivity index (χ0v) is 11.2. The number of carboxylic acids is 1. The maximum Gasteiger partial charge on any atom is 0.307 e. The van der Waals surface area contributed by atoms with Gasteiger partial charge in [0.25, 0.3) is 0 Å². The first-order chi connectivity index (χ1) is 8.42. The topological polar surface area (TPSA) is 66.4 Å². The summed E-state index contributed by atoms with van der Waals surface area (Å²) in [4.78, 5) is 22.5. The van der Waals surface area contributed by atoms with E-state index in [4.69, 9.17) is 5.11 Å². The molecule has 18 heavy (non-hydrogen) atoms. The summed E-state index contributed by atoms with van der Waals surface area (Å²) in [5.74, 6) is -0.965. The summed E-state index contributed by atoms with van der Waals surface area (Å²) < 4.78 is 0. The van der Waals surface area contributed by atoms with Crippen LogP contribution in [0.4, 0.5) is 0 Å². The van der Waals surface area contributed by atoms with Gasteiger partial charge in [0.05, 0.1) is 11.8 Å². The van der Waals surface area contributed by atoms with Gasteiger partial charge in [-0.25, -0.2) is 0 Å². The standard InChI is InChI=1S/C14H23NO3/c1-14(2,9-5-3-4-6-9)8-15-12(16)10-7-11(10)13(17)18/h9-11H,3-8H2,1-2H3,(H,15,16)(H,17,18). The molecule has 0 heterocycles. The quantitative estimate of drug-likeness (QED) is 0.788. The van der Waals surface area contributed by atoms with E-state index in [-0.39, 0.29) is 17.2 Å². The van der Waals surface area contributed by atoms with Crippen molar-refractivity contribution in [3.8, 4) is 0 Å². The van der Waals surface area contributed by atoms with Crippen molar-refractivity contribution in [2.45, 2.75) is 46.0 Å². The van der Waals surface area contributed by atoms with Crippen LogP contribution in [-0.4, -0.2) is 23.5 Å². The molecule has 4 heteroatoms. The average molecular weight is 253 g/mol. The van der Waals surface area contributed by atoms with Crippen molar-refractivity contribution >= 4 is 11.9 Å². The van der Waals surface area contributed by atoms with Crippen molar-refractivity contribution in [1.82, 2.24) is 5.32 Å². The summed E-state index contributed by atoms with van der Waals surface area (Å²) >= 11 is 0. The molecule has 0 aromatic rings. The van der Waals surface area contributed by atoms with Gasteiger partial charge >= 0.3 is 5.97 Å². The molecule has 0 spiro atoms. The normalized spacial score (nSPS) is 28.1. The molecular formula is C14H23NO3. The van der Waals surface area contributed by atoms with E-state index in [1.54, 1.807) is 0 Å². The van der Waals surface area contributed by atoms with Crippen LogP contribution in [0.3, 0.4) is 0 Å². The molecule has 2 rings (SSSR count). The molecule has 102 valence electrons. The molecule has 2 fully saturated rings. The van der Waals surface area contributed by atoms with E-state index in [2.05, 4.69) is 19.2 Å². The second-order valence-corrected chi connectivity index (χ2v) is 6.47. The van der Waals surface area contributed by atoms with Gasteiger partial charge in [0.2, 0.25) is 5.91 Å². The number of nitrogens with one attached hydrogen (secondary N) is 1. The number of carboxylic acid groups (broad SMARTS) is 1. The molecule has 2 unspecified atom stereocenters. The highest BCUT2D eigenvalue weighted by atomic mass is 16.4. The SMILES string of the molecule is CC(C)(CNC(=O)C1CC1C(=O)O)C1CCCC1. The number of hydrogen-bond donors (Lipinski definition) is 2. The molecule has 1 amide bonds. The third-order valence-corrected chi connectivity index (χ3v) is 4.62. The zero-order chi connectivity index (χ0) is 13.3. The van der Waals surface area contributed by atoms with Crippen molar-refractivity contribution in [1.29, 1.82) is 0 Å². The zero-order valence-electron chi connectivity index (χ0n) is 11.2. The predicted molar refractivity (Wildman–Crippen MR) is 68.0 cm³/mol. The first kappa shape index (κ1) is 13.4. The fourth-order valence-electron chi connectivity index (χ4n) is 3.06. The third-order valence-electron chi connectivity index (χ3n) is 4.62. The Morgan fingerprint density at radius 3 is 2.33 bits per heavy atom. The van der Waals surface area contributed by atoms with Crippen molar-refractivity contribution in [2.75, 3.05) is 6.54 Å². The number of aliphatic carboxylic acids is 1. The van der Waals surface area contributed by atoms with E-state index in [1.807, 2.05) is 0 Å². The van der Waals surface area contributed by atoms with Crippen LogP contribution >= 0.6 is 0 Å². The van der Waals surface area contributed by atoms with Crippen molar-refractivity contribution in [2.24, 2.45) is 23.2 Å². The van der Waals surface area contributed by atoms with E-state index in [0.29, 0.717) is 18.9 Å². The van der Waals surface area contributed by atoms with Gasteiger partial charge in [-0.1, -0.05) is 26.7 Å². The summed E-state index contributed by atoms with van der Waals surface area (Å²) in [6.45, 7) is 5.06. The Labute approximate surface area is 108 Å². The number of rotatable bonds is 5. The molecule has 4 nitrogen and oxygen atoms in total. The summed E-state index contributed by atoms with van der Waals surface area (Å²) in [6.07, 6.45) is 5.61. The van der Waals surface area contributed by atoms with Crippen LogP contribution in [0, 0.1) is 23.2 Å². The van der Waals surface area contributed by atoms with Crippen molar-refractivity contribution in [3.05, 3.63) is 0 Å². The second kappa shape index (κ2) is 4.90. The fourth-order valence-corrected chi connectivity index (χ4v) is 3.06. The Morgan fingerprint density at radius 2 is 1.83 bits per heavy atom. The van der Waals surface area contributed by atoms with E-state index in [1.165, 1.54) is 25.7 Å². The van der Waals surface area contributed by atoms with Crippen LogP contribution in [0.15, 0.2) is 0 Å². The van der Waals surface area contributed by atoms with Gasteiger partial charge in [0.15, 0.2) is 0 Å². The summed E-state index contributed by atoms with van der Waals surface area (Å²) in [7, 11) is 0. The van der Waals surface area contributed by atoms with E-state index in [9.17, 15) is 9.59 Å². The molecule has 2 N–H and O–H groups in total. The molecule has 0 aliphatic heterocycles. The minimum absolute atomic E-state index is 0.0755. The van der Waals surface area contributed by atoms with Gasteiger partial charge in [-0.3, -0.25) is 9.59 Å². The summed E-state index contributed by atoms with van der Waals surface area (Å²) in [6, 6.07) is 0. The lowest BCUT2D eigenvalue weighted by Crippen LogP contribution is -2.38. The molecule has 2 saturated carbocycles. The predicted octanol–water partition coefficient (Wildman–Crippen LogP) is 2.04. The van der Waals surface area contributed by atoms with Crippen LogP contribution in [0.1, 0.15) is 46.0 Å². The number of carbonyl (C=O) groups is 2. The number of amides is 1. The number of hydrogen-bond acceptors (Lipinski definition) is 2. The highest BCUT2D eigenvalue weighted by Crippen LogP contribution is 2.41. The fraction of sp³-hybridized carbons (Fsp3) is 0.857. The lowest BCUT2D eigenvalue weighted by Gasteiger charge is -2.31. The van der Waals surface area contributed by atoms with Crippen LogP contribution in [0.25, 0.3) is 0 Å².